The average molecular weight is 180 g/mol. The predicted molar refractivity (Wildman–Crippen MR) is 46.1 cm³/mol. The minimum absolute atomic E-state index is 0.147. The highest BCUT2D eigenvalue weighted by molar-refractivity contribution is 5.80. The summed E-state index contributed by atoms with van der Waals surface area (Å²) in [6.07, 6.45) is 0. The van der Waals surface area contributed by atoms with Gasteiger partial charge in [-0.1, -0.05) is 12.1 Å². The largest absolute Gasteiger partial charge is 0.381 e. The van der Waals surface area contributed by atoms with Crippen LogP contribution in [0.1, 0.15) is 0 Å². The van der Waals surface area contributed by atoms with Crippen LogP contribution in [-0.2, 0) is 0 Å². The first-order valence-electron chi connectivity index (χ1n) is 3.69. The first kappa shape index (κ1) is 7.91. The molecule has 1 aromatic heterocycles. The lowest BCUT2D eigenvalue weighted by atomic mass is 10.2. The summed E-state index contributed by atoms with van der Waals surface area (Å²) in [5, 5.41) is 0.147. The summed E-state index contributed by atoms with van der Waals surface area (Å²) < 4.78 is 26.1. The van der Waals surface area contributed by atoms with Crippen LogP contribution in [0.2, 0.25) is 0 Å². The molecule has 0 saturated heterocycles. The van der Waals surface area contributed by atoms with Crippen LogP contribution in [0.5, 0.6) is 0 Å². The molecule has 0 spiro atoms. The summed E-state index contributed by atoms with van der Waals surface area (Å²) in [5.41, 5.74) is 5.52. The van der Waals surface area contributed by atoms with Crippen LogP contribution in [0.3, 0.4) is 0 Å². The van der Waals surface area contributed by atoms with Crippen LogP contribution in [0.4, 0.5) is 14.6 Å². The summed E-state index contributed by atoms with van der Waals surface area (Å²) in [6, 6.07) is 6.34. The van der Waals surface area contributed by atoms with E-state index in [0.717, 1.165) is 0 Å². The van der Waals surface area contributed by atoms with E-state index in [9.17, 15) is 8.78 Å². The van der Waals surface area contributed by atoms with Gasteiger partial charge in [-0.25, -0.2) is 9.37 Å². The number of benzene rings is 1. The molecule has 1 heterocycles. The number of para-hydroxylation sites is 1. The summed E-state index contributed by atoms with van der Waals surface area (Å²) in [5.74, 6) is -2.43. The molecule has 0 amide bonds. The fourth-order valence-corrected chi connectivity index (χ4v) is 1.17. The van der Waals surface area contributed by atoms with Crippen LogP contribution >= 0.6 is 0 Å². The second-order valence-corrected chi connectivity index (χ2v) is 2.64. The number of anilines is 1. The molecule has 2 N–H and O–H groups in total. The Bertz CT molecular complexity index is 468. The third kappa shape index (κ3) is 1.11. The van der Waals surface area contributed by atoms with Gasteiger partial charge >= 0.3 is 0 Å². The zero-order chi connectivity index (χ0) is 9.42. The number of nitrogen functional groups attached to an aromatic ring is 1. The van der Waals surface area contributed by atoms with Crippen molar-refractivity contribution in [3.8, 4) is 0 Å². The summed E-state index contributed by atoms with van der Waals surface area (Å²) in [7, 11) is 0. The molecule has 0 aliphatic heterocycles. The molecule has 0 aliphatic rings. The minimum atomic E-state index is -1.08. The number of fused-ring (bicyclic) bond motifs is 1. The van der Waals surface area contributed by atoms with Crippen molar-refractivity contribution in [2.75, 3.05) is 5.73 Å². The summed E-state index contributed by atoms with van der Waals surface area (Å²) in [6.45, 7) is 0. The Kier molecular flexibility index (Phi) is 1.62. The number of aromatic nitrogens is 1. The second-order valence-electron chi connectivity index (χ2n) is 2.64. The molecule has 1 aromatic carbocycles. The number of hydrogen-bond donors (Lipinski definition) is 1. The van der Waals surface area contributed by atoms with Crippen molar-refractivity contribution < 1.29 is 8.78 Å². The lowest BCUT2D eigenvalue weighted by molar-refractivity contribution is 0.517. The Labute approximate surface area is 73.0 Å². The van der Waals surface area contributed by atoms with Gasteiger partial charge in [0.2, 0.25) is 5.82 Å². The molecule has 2 aromatic rings. The fraction of sp³-hybridized carbons (Fsp3) is 0. The molecule has 2 nitrogen and oxygen atoms in total. The van der Waals surface area contributed by atoms with Crippen molar-refractivity contribution in [2.24, 2.45) is 0 Å². The lowest BCUT2D eigenvalue weighted by Gasteiger charge is -2.01. The molecule has 0 bridgehead atoms. The van der Waals surface area contributed by atoms with Crippen LogP contribution < -0.4 is 5.73 Å². The van der Waals surface area contributed by atoms with E-state index in [1.54, 1.807) is 18.2 Å². The zero-order valence-corrected chi connectivity index (χ0v) is 6.59. The smallest absolute Gasteiger partial charge is 0.201 e. The van der Waals surface area contributed by atoms with Gasteiger partial charge in [0, 0.05) is 5.39 Å². The second kappa shape index (κ2) is 2.65. The van der Waals surface area contributed by atoms with E-state index in [4.69, 9.17) is 5.73 Å². The number of pyridine rings is 1. The first-order valence-corrected chi connectivity index (χ1v) is 3.69. The maximum Gasteiger partial charge on any atom is 0.201 e. The van der Waals surface area contributed by atoms with E-state index in [1.807, 2.05) is 0 Å². The van der Waals surface area contributed by atoms with Crippen molar-refractivity contribution >= 4 is 16.7 Å². The van der Waals surface area contributed by atoms with Gasteiger partial charge in [0.05, 0.1) is 5.52 Å². The molecule has 0 fully saturated rings. The number of hydrogen-bond acceptors (Lipinski definition) is 2. The quantitative estimate of drug-likeness (QED) is 0.674. The van der Waals surface area contributed by atoms with E-state index in [-0.39, 0.29) is 5.39 Å². The van der Waals surface area contributed by atoms with E-state index in [0.29, 0.717) is 5.52 Å². The SMILES string of the molecule is Nc1nc2ccccc2c(F)c1F. The number of nitrogens with two attached hydrogens (primary N) is 1. The number of halogens is 2. The van der Waals surface area contributed by atoms with Gasteiger partial charge in [-0.05, 0) is 12.1 Å². The monoisotopic (exact) mass is 180 g/mol. The van der Waals surface area contributed by atoms with Crippen LogP contribution in [0.15, 0.2) is 24.3 Å². The molecule has 0 aliphatic carbocycles. The van der Waals surface area contributed by atoms with Crippen molar-refractivity contribution in [1.29, 1.82) is 0 Å². The van der Waals surface area contributed by atoms with Gasteiger partial charge in [0.15, 0.2) is 11.6 Å². The van der Waals surface area contributed by atoms with Crippen molar-refractivity contribution in [3.05, 3.63) is 35.9 Å². The highest BCUT2D eigenvalue weighted by Crippen LogP contribution is 2.21. The first-order chi connectivity index (χ1) is 6.20. The molecule has 4 heteroatoms. The van der Waals surface area contributed by atoms with E-state index in [1.165, 1.54) is 6.07 Å². The molecule has 0 saturated carbocycles. The number of rotatable bonds is 0. The molecule has 0 radical (unpaired) electrons. The highest BCUT2D eigenvalue weighted by atomic mass is 19.2. The highest BCUT2D eigenvalue weighted by Gasteiger charge is 2.11. The molecule has 13 heavy (non-hydrogen) atoms. The minimum Gasteiger partial charge on any atom is -0.381 e. The molecule has 0 unspecified atom stereocenters. The van der Waals surface area contributed by atoms with Crippen LogP contribution in [0, 0.1) is 11.6 Å². The molecular formula is C9H6F2N2. The van der Waals surface area contributed by atoms with E-state index < -0.39 is 17.5 Å². The Hall–Kier alpha value is -1.71. The third-order valence-corrected chi connectivity index (χ3v) is 1.80. The number of nitrogens with zero attached hydrogens (tertiary/aromatic N) is 1. The van der Waals surface area contributed by atoms with Gasteiger partial charge in [0.25, 0.3) is 0 Å². The fourth-order valence-electron chi connectivity index (χ4n) is 1.17. The van der Waals surface area contributed by atoms with E-state index in [2.05, 4.69) is 4.98 Å². The average Bonchev–Trinajstić information content (AvgIpc) is 2.15. The van der Waals surface area contributed by atoms with Gasteiger partial charge in [0.1, 0.15) is 0 Å². The topological polar surface area (TPSA) is 38.9 Å². The molecule has 2 rings (SSSR count). The maximum atomic E-state index is 13.2. The van der Waals surface area contributed by atoms with Gasteiger partial charge in [-0.2, -0.15) is 4.39 Å². The van der Waals surface area contributed by atoms with Crippen molar-refractivity contribution in [2.45, 2.75) is 0 Å². The molecule has 0 atom stereocenters. The summed E-state index contributed by atoms with van der Waals surface area (Å²) in [4.78, 5) is 3.70. The summed E-state index contributed by atoms with van der Waals surface area (Å²) >= 11 is 0. The third-order valence-electron chi connectivity index (χ3n) is 1.80. The normalized spacial score (nSPS) is 10.6. The van der Waals surface area contributed by atoms with Crippen LogP contribution in [0.25, 0.3) is 10.9 Å². The Balaban J connectivity index is 2.94. The van der Waals surface area contributed by atoms with Gasteiger partial charge in [-0.3, -0.25) is 0 Å². The Morgan fingerprint density at radius 3 is 2.54 bits per heavy atom. The van der Waals surface area contributed by atoms with Gasteiger partial charge in [-0.15, -0.1) is 0 Å². The lowest BCUT2D eigenvalue weighted by Crippen LogP contribution is -1.99. The van der Waals surface area contributed by atoms with Crippen molar-refractivity contribution in [3.63, 3.8) is 0 Å². The predicted octanol–water partition coefficient (Wildman–Crippen LogP) is 2.10. The van der Waals surface area contributed by atoms with Crippen LogP contribution in [-0.4, -0.2) is 4.98 Å². The van der Waals surface area contributed by atoms with Crippen molar-refractivity contribution in [1.82, 2.24) is 4.98 Å². The zero-order valence-electron chi connectivity index (χ0n) is 6.59. The van der Waals surface area contributed by atoms with E-state index >= 15 is 0 Å². The maximum absolute atomic E-state index is 13.2. The molecular weight excluding hydrogens is 174 g/mol. The Morgan fingerprint density at radius 2 is 1.77 bits per heavy atom. The standard InChI is InChI=1S/C9H6F2N2/c10-7-5-3-1-2-4-6(5)13-9(12)8(7)11/h1-4H,(H2,12,13). The molecule has 66 valence electrons. The Morgan fingerprint density at radius 1 is 1.08 bits per heavy atom. The van der Waals surface area contributed by atoms with Gasteiger partial charge < -0.3 is 5.73 Å².